The summed E-state index contributed by atoms with van der Waals surface area (Å²) in [6.45, 7) is -0.550. The van der Waals surface area contributed by atoms with Crippen LogP contribution in [0.5, 0.6) is 0 Å². The minimum Gasteiger partial charge on any atom is -0.452 e. The third kappa shape index (κ3) is 5.21. The van der Waals surface area contributed by atoms with Crippen molar-refractivity contribution >= 4 is 50.1 Å². The van der Waals surface area contributed by atoms with Crippen molar-refractivity contribution in [1.82, 2.24) is 4.98 Å². The van der Waals surface area contributed by atoms with E-state index in [1.165, 1.54) is 24.3 Å². The number of hydrogen-bond acceptors (Lipinski definition) is 6. The van der Waals surface area contributed by atoms with E-state index in [0.29, 0.717) is 16.6 Å². The number of amides is 1. The number of aromatic nitrogens is 1. The van der Waals surface area contributed by atoms with Crippen molar-refractivity contribution in [2.24, 2.45) is 0 Å². The van der Waals surface area contributed by atoms with Gasteiger partial charge in [-0.1, -0.05) is 52.3 Å². The van der Waals surface area contributed by atoms with Crippen molar-refractivity contribution in [3.8, 4) is 11.3 Å². The van der Waals surface area contributed by atoms with Crippen LogP contribution in [-0.2, 0) is 9.53 Å². The average molecular weight is 506 g/mol. The van der Waals surface area contributed by atoms with Crippen LogP contribution in [-0.4, -0.2) is 28.4 Å². The van der Waals surface area contributed by atoms with E-state index < -0.39 is 23.4 Å². The van der Waals surface area contributed by atoms with Crippen LogP contribution in [0.1, 0.15) is 10.4 Å². The molecule has 9 heteroatoms. The highest BCUT2D eigenvalue weighted by molar-refractivity contribution is 9.10. The van der Waals surface area contributed by atoms with Crippen molar-refractivity contribution in [1.29, 1.82) is 0 Å². The zero-order valence-corrected chi connectivity index (χ0v) is 18.6. The summed E-state index contributed by atoms with van der Waals surface area (Å²) in [6, 6.07) is 21.8. The Bertz CT molecular complexity index is 1370. The van der Waals surface area contributed by atoms with Gasteiger partial charge in [-0.2, -0.15) is 0 Å². The molecular formula is C24H16BrN3O5. The highest BCUT2D eigenvalue weighted by atomic mass is 79.9. The molecule has 3 aromatic carbocycles. The molecule has 4 rings (SSSR count). The fraction of sp³-hybridized carbons (Fsp3) is 0.0417. The van der Waals surface area contributed by atoms with Gasteiger partial charge in [-0.25, -0.2) is 9.78 Å². The molecular weight excluding hydrogens is 490 g/mol. The van der Waals surface area contributed by atoms with Crippen molar-refractivity contribution < 1.29 is 19.2 Å². The number of hydrogen-bond donors (Lipinski definition) is 1. The number of ether oxygens (including phenoxy) is 1. The number of nitro benzene ring substituents is 1. The number of nitrogens with zero attached hydrogens (tertiary/aromatic N) is 2. The third-order valence-electron chi connectivity index (χ3n) is 4.75. The minimum absolute atomic E-state index is 0.159. The Balaban J connectivity index is 1.54. The molecule has 8 nitrogen and oxygen atoms in total. The van der Waals surface area contributed by atoms with Gasteiger partial charge < -0.3 is 10.1 Å². The number of carbonyl (C=O) groups excluding carboxylic acids is 2. The number of non-ortho nitro benzene ring substituents is 1. The number of esters is 1. The Morgan fingerprint density at radius 3 is 2.52 bits per heavy atom. The van der Waals surface area contributed by atoms with E-state index in [1.807, 2.05) is 30.3 Å². The van der Waals surface area contributed by atoms with Gasteiger partial charge in [-0.3, -0.25) is 14.9 Å². The number of anilines is 1. The first-order chi connectivity index (χ1) is 15.9. The van der Waals surface area contributed by atoms with Gasteiger partial charge in [0, 0.05) is 33.2 Å². The average Bonchev–Trinajstić information content (AvgIpc) is 2.82. The summed E-state index contributed by atoms with van der Waals surface area (Å²) in [6.07, 6.45) is 0. The fourth-order valence-electron chi connectivity index (χ4n) is 3.22. The van der Waals surface area contributed by atoms with Crippen LogP contribution in [0.4, 0.5) is 11.4 Å². The lowest BCUT2D eigenvalue weighted by Gasteiger charge is -2.10. The molecule has 1 N–H and O–H groups in total. The molecule has 0 aliphatic rings. The molecule has 0 spiro atoms. The standard InChI is InChI=1S/C24H16BrN3O5/c25-16-10-8-15(9-11-16)22-13-20(19-6-1-2-7-21(19)27-22)24(30)33-14-23(29)26-17-4-3-5-18(12-17)28(31)32/h1-13H,14H2,(H,26,29). The summed E-state index contributed by atoms with van der Waals surface area (Å²) in [5, 5.41) is 14.0. The van der Waals surface area contributed by atoms with E-state index in [1.54, 1.807) is 24.3 Å². The predicted octanol–water partition coefficient (Wildman–Crippen LogP) is 5.37. The summed E-state index contributed by atoms with van der Waals surface area (Å²) >= 11 is 3.40. The lowest BCUT2D eigenvalue weighted by molar-refractivity contribution is -0.384. The number of fused-ring (bicyclic) bond motifs is 1. The second-order valence-electron chi connectivity index (χ2n) is 7.01. The van der Waals surface area contributed by atoms with Gasteiger partial charge >= 0.3 is 5.97 Å². The Kier molecular flexibility index (Phi) is 6.41. The molecule has 0 fully saturated rings. The van der Waals surface area contributed by atoms with Crippen LogP contribution < -0.4 is 5.32 Å². The maximum absolute atomic E-state index is 12.9. The topological polar surface area (TPSA) is 111 Å². The molecule has 1 aromatic heterocycles. The molecule has 4 aromatic rings. The Labute approximate surface area is 196 Å². The van der Waals surface area contributed by atoms with Gasteiger partial charge in [0.1, 0.15) is 0 Å². The number of carbonyl (C=O) groups is 2. The molecule has 0 unspecified atom stereocenters. The predicted molar refractivity (Wildman–Crippen MR) is 127 cm³/mol. The third-order valence-corrected chi connectivity index (χ3v) is 5.28. The number of pyridine rings is 1. The SMILES string of the molecule is O=C(COC(=O)c1cc(-c2ccc(Br)cc2)nc2ccccc12)Nc1cccc([N+](=O)[O-])c1. The van der Waals surface area contributed by atoms with E-state index in [4.69, 9.17) is 4.74 Å². The van der Waals surface area contributed by atoms with Crippen LogP contribution in [0, 0.1) is 10.1 Å². The molecule has 0 bridgehead atoms. The molecule has 1 heterocycles. The summed E-state index contributed by atoms with van der Waals surface area (Å²) in [7, 11) is 0. The summed E-state index contributed by atoms with van der Waals surface area (Å²) in [5.74, 6) is -1.29. The molecule has 0 radical (unpaired) electrons. The molecule has 164 valence electrons. The van der Waals surface area contributed by atoms with Crippen LogP contribution >= 0.6 is 15.9 Å². The van der Waals surface area contributed by atoms with E-state index in [9.17, 15) is 19.7 Å². The number of nitrogens with one attached hydrogen (secondary N) is 1. The molecule has 0 aliphatic carbocycles. The van der Waals surface area contributed by atoms with E-state index >= 15 is 0 Å². The van der Waals surface area contributed by atoms with Gasteiger partial charge in [0.2, 0.25) is 0 Å². The summed E-state index contributed by atoms with van der Waals surface area (Å²) in [4.78, 5) is 40.1. The van der Waals surface area contributed by atoms with Gasteiger partial charge in [0.15, 0.2) is 6.61 Å². The van der Waals surface area contributed by atoms with Gasteiger partial charge in [0.25, 0.3) is 11.6 Å². The quantitative estimate of drug-likeness (QED) is 0.214. The first kappa shape index (κ1) is 22.1. The molecule has 1 amide bonds. The zero-order valence-electron chi connectivity index (χ0n) is 17.0. The second kappa shape index (κ2) is 9.58. The largest absolute Gasteiger partial charge is 0.452 e. The van der Waals surface area contributed by atoms with Crippen LogP contribution in [0.15, 0.2) is 83.3 Å². The van der Waals surface area contributed by atoms with E-state index in [2.05, 4.69) is 26.2 Å². The molecule has 0 aliphatic heterocycles. The lowest BCUT2D eigenvalue weighted by Crippen LogP contribution is -2.21. The first-order valence-corrected chi connectivity index (χ1v) is 10.6. The lowest BCUT2D eigenvalue weighted by atomic mass is 10.0. The molecule has 0 atom stereocenters. The number of halogens is 1. The maximum Gasteiger partial charge on any atom is 0.339 e. The normalized spacial score (nSPS) is 10.6. The highest BCUT2D eigenvalue weighted by Crippen LogP contribution is 2.26. The van der Waals surface area contributed by atoms with Crippen molar-refractivity contribution in [2.45, 2.75) is 0 Å². The van der Waals surface area contributed by atoms with E-state index in [-0.39, 0.29) is 16.9 Å². The van der Waals surface area contributed by atoms with E-state index in [0.717, 1.165) is 10.0 Å². The van der Waals surface area contributed by atoms with Crippen LogP contribution in [0.3, 0.4) is 0 Å². The first-order valence-electron chi connectivity index (χ1n) is 9.78. The highest BCUT2D eigenvalue weighted by Gasteiger charge is 2.17. The smallest absolute Gasteiger partial charge is 0.339 e. The number of rotatable bonds is 6. The number of para-hydroxylation sites is 1. The second-order valence-corrected chi connectivity index (χ2v) is 7.93. The van der Waals surface area contributed by atoms with Crippen molar-refractivity contribution in [3.63, 3.8) is 0 Å². The van der Waals surface area contributed by atoms with Crippen LogP contribution in [0.2, 0.25) is 0 Å². The Morgan fingerprint density at radius 2 is 1.76 bits per heavy atom. The van der Waals surface area contributed by atoms with Gasteiger partial charge in [0.05, 0.1) is 21.7 Å². The Morgan fingerprint density at radius 1 is 1.00 bits per heavy atom. The minimum atomic E-state index is -0.679. The zero-order chi connectivity index (χ0) is 23.4. The maximum atomic E-state index is 12.9. The summed E-state index contributed by atoms with van der Waals surface area (Å²) < 4.78 is 6.16. The molecule has 0 saturated carbocycles. The fourth-order valence-corrected chi connectivity index (χ4v) is 3.48. The van der Waals surface area contributed by atoms with Crippen molar-refractivity contribution in [2.75, 3.05) is 11.9 Å². The van der Waals surface area contributed by atoms with Crippen molar-refractivity contribution in [3.05, 3.63) is 99.0 Å². The van der Waals surface area contributed by atoms with Gasteiger partial charge in [-0.15, -0.1) is 0 Å². The summed E-state index contributed by atoms with van der Waals surface area (Å²) in [5.41, 5.74) is 2.38. The van der Waals surface area contributed by atoms with Crippen LogP contribution in [0.25, 0.3) is 22.2 Å². The molecule has 0 saturated heterocycles. The number of nitro groups is 1. The monoisotopic (exact) mass is 505 g/mol. The number of benzene rings is 3. The van der Waals surface area contributed by atoms with Gasteiger partial charge in [-0.05, 0) is 30.3 Å². The Hall–Kier alpha value is -4.11. The molecule has 33 heavy (non-hydrogen) atoms.